The molecule has 3 aromatic rings. The van der Waals surface area contributed by atoms with Crippen LogP contribution in [0.15, 0.2) is 18.7 Å². The van der Waals surface area contributed by atoms with Crippen LogP contribution in [0.4, 0.5) is 5.82 Å². The Bertz CT molecular complexity index is 740. The van der Waals surface area contributed by atoms with E-state index in [4.69, 9.17) is 5.73 Å². The number of nitrogens with zero attached hydrogens (tertiary/aromatic N) is 6. The second kappa shape index (κ2) is 4.92. The minimum absolute atomic E-state index is 0.423. The van der Waals surface area contributed by atoms with Gasteiger partial charge < -0.3 is 10.3 Å². The second-order valence-electron chi connectivity index (χ2n) is 4.87. The van der Waals surface area contributed by atoms with E-state index in [0.29, 0.717) is 11.3 Å². The van der Waals surface area contributed by atoms with Crippen LogP contribution in [0, 0.1) is 13.8 Å². The Labute approximate surface area is 116 Å². The van der Waals surface area contributed by atoms with Crippen LogP contribution in [0.25, 0.3) is 11.2 Å². The van der Waals surface area contributed by atoms with Crippen LogP contribution in [0.1, 0.15) is 17.8 Å². The van der Waals surface area contributed by atoms with E-state index in [-0.39, 0.29) is 0 Å². The van der Waals surface area contributed by atoms with E-state index in [1.807, 2.05) is 16.2 Å². The molecule has 0 fully saturated rings. The van der Waals surface area contributed by atoms with Gasteiger partial charge in [0.2, 0.25) is 0 Å². The molecule has 0 saturated carbocycles. The predicted molar refractivity (Wildman–Crippen MR) is 76.1 cm³/mol. The molecule has 0 spiro atoms. The lowest BCUT2D eigenvalue weighted by Gasteiger charge is -2.06. The quantitative estimate of drug-likeness (QED) is 0.773. The molecular weight excluding hydrogens is 254 g/mol. The third-order valence-corrected chi connectivity index (χ3v) is 3.30. The van der Waals surface area contributed by atoms with Gasteiger partial charge >= 0.3 is 0 Å². The Morgan fingerprint density at radius 3 is 2.75 bits per heavy atom. The molecule has 20 heavy (non-hydrogen) atoms. The molecule has 0 aliphatic heterocycles. The molecule has 0 amide bonds. The highest BCUT2D eigenvalue weighted by molar-refractivity contribution is 5.80. The fourth-order valence-corrected chi connectivity index (χ4v) is 2.35. The summed E-state index contributed by atoms with van der Waals surface area (Å²) in [5.74, 6) is 0.423. The average molecular weight is 271 g/mol. The van der Waals surface area contributed by atoms with Gasteiger partial charge in [-0.05, 0) is 26.3 Å². The molecule has 0 aromatic carbocycles. The number of imidazole rings is 1. The lowest BCUT2D eigenvalue weighted by Crippen LogP contribution is -2.07. The van der Waals surface area contributed by atoms with Crippen molar-refractivity contribution in [3.05, 3.63) is 30.1 Å². The molecule has 3 aromatic heterocycles. The summed E-state index contributed by atoms with van der Waals surface area (Å²) >= 11 is 0. The van der Waals surface area contributed by atoms with Gasteiger partial charge in [-0.25, -0.2) is 15.0 Å². The molecule has 0 saturated heterocycles. The first-order valence-electron chi connectivity index (χ1n) is 6.57. The van der Waals surface area contributed by atoms with Gasteiger partial charge in [-0.15, -0.1) is 0 Å². The van der Waals surface area contributed by atoms with Gasteiger partial charge in [0.1, 0.15) is 11.8 Å². The second-order valence-corrected chi connectivity index (χ2v) is 4.87. The zero-order valence-electron chi connectivity index (χ0n) is 11.6. The Morgan fingerprint density at radius 1 is 1.15 bits per heavy atom. The first-order chi connectivity index (χ1) is 9.65. The van der Waals surface area contributed by atoms with Gasteiger partial charge in [-0.2, -0.15) is 5.10 Å². The Morgan fingerprint density at radius 2 is 2.00 bits per heavy atom. The molecule has 7 nitrogen and oxygen atoms in total. The maximum atomic E-state index is 5.77. The summed E-state index contributed by atoms with van der Waals surface area (Å²) in [6.45, 7) is 5.78. The molecule has 0 atom stereocenters. The summed E-state index contributed by atoms with van der Waals surface area (Å²) in [4.78, 5) is 12.4. The van der Waals surface area contributed by atoms with Crippen LogP contribution in [-0.4, -0.2) is 29.3 Å². The van der Waals surface area contributed by atoms with E-state index in [9.17, 15) is 0 Å². The van der Waals surface area contributed by atoms with Crippen molar-refractivity contribution in [3.8, 4) is 0 Å². The summed E-state index contributed by atoms with van der Waals surface area (Å²) < 4.78 is 4.02. The number of hydrogen-bond acceptors (Lipinski definition) is 5. The van der Waals surface area contributed by atoms with Crippen molar-refractivity contribution >= 4 is 17.0 Å². The molecule has 0 bridgehead atoms. The van der Waals surface area contributed by atoms with Crippen molar-refractivity contribution in [2.45, 2.75) is 33.4 Å². The molecule has 0 aliphatic carbocycles. The average Bonchev–Trinajstić information content (AvgIpc) is 2.95. The van der Waals surface area contributed by atoms with Crippen LogP contribution in [0.2, 0.25) is 0 Å². The van der Waals surface area contributed by atoms with Crippen molar-refractivity contribution in [1.82, 2.24) is 29.3 Å². The summed E-state index contributed by atoms with van der Waals surface area (Å²) in [5, 5.41) is 4.45. The molecule has 2 N–H and O–H groups in total. The van der Waals surface area contributed by atoms with E-state index < -0.39 is 0 Å². The summed E-state index contributed by atoms with van der Waals surface area (Å²) in [5.41, 5.74) is 9.46. The van der Waals surface area contributed by atoms with Gasteiger partial charge in [-0.1, -0.05) is 0 Å². The summed E-state index contributed by atoms with van der Waals surface area (Å²) in [6, 6.07) is 2.08. The number of aromatic nitrogens is 6. The van der Waals surface area contributed by atoms with Crippen molar-refractivity contribution in [2.24, 2.45) is 0 Å². The lowest BCUT2D eigenvalue weighted by molar-refractivity contribution is 0.520. The van der Waals surface area contributed by atoms with E-state index in [2.05, 4.69) is 33.0 Å². The van der Waals surface area contributed by atoms with Gasteiger partial charge in [0.25, 0.3) is 0 Å². The van der Waals surface area contributed by atoms with Crippen molar-refractivity contribution in [2.75, 3.05) is 5.73 Å². The normalized spacial score (nSPS) is 11.3. The van der Waals surface area contributed by atoms with Gasteiger partial charge in [-0.3, -0.25) is 4.68 Å². The van der Waals surface area contributed by atoms with Gasteiger partial charge in [0.15, 0.2) is 11.5 Å². The molecule has 104 valence electrons. The monoisotopic (exact) mass is 271 g/mol. The predicted octanol–water partition coefficient (Wildman–Crippen LogP) is 1.31. The van der Waals surface area contributed by atoms with E-state index in [1.54, 1.807) is 6.33 Å². The van der Waals surface area contributed by atoms with Crippen LogP contribution in [0.5, 0.6) is 0 Å². The molecule has 3 heterocycles. The number of fused-ring (bicyclic) bond motifs is 1. The SMILES string of the molecule is Cc1cc(C)n(CCCn2cnc3c(N)ncnc32)n1. The fourth-order valence-electron chi connectivity index (χ4n) is 2.35. The van der Waals surface area contributed by atoms with Gasteiger partial charge in [0.05, 0.1) is 12.0 Å². The lowest BCUT2D eigenvalue weighted by atomic mass is 10.4. The topological polar surface area (TPSA) is 87.4 Å². The molecule has 0 radical (unpaired) electrons. The smallest absolute Gasteiger partial charge is 0.165 e. The van der Waals surface area contributed by atoms with Crippen molar-refractivity contribution in [3.63, 3.8) is 0 Å². The third-order valence-electron chi connectivity index (χ3n) is 3.30. The summed E-state index contributed by atoms with van der Waals surface area (Å²) in [7, 11) is 0. The minimum atomic E-state index is 0.423. The Kier molecular flexibility index (Phi) is 3.09. The number of rotatable bonds is 4. The number of nitrogens with two attached hydrogens (primary N) is 1. The number of nitrogen functional groups attached to an aromatic ring is 1. The number of anilines is 1. The van der Waals surface area contributed by atoms with Crippen LogP contribution < -0.4 is 5.73 Å². The Balaban J connectivity index is 1.71. The number of hydrogen-bond donors (Lipinski definition) is 1. The van der Waals surface area contributed by atoms with Crippen LogP contribution >= 0.6 is 0 Å². The molecule has 0 unspecified atom stereocenters. The maximum Gasteiger partial charge on any atom is 0.165 e. The Hall–Kier alpha value is -2.44. The van der Waals surface area contributed by atoms with Crippen molar-refractivity contribution < 1.29 is 0 Å². The fraction of sp³-hybridized carbons (Fsp3) is 0.385. The third kappa shape index (κ3) is 2.22. The minimum Gasteiger partial charge on any atom is -0.382 e. The van der Waals surface area contributed by atoms with Crippen molar-refractivity contribution in [1.29, 1.82) is 0 Å². The molecule has 0 aliphatic rings. The highest BCUT2D eigenvalue weighted by atomic mass is 15.3. The zero-order chi connectivity index (χ0) is 14.1. The van der Waals surface area contributed by atoms with Gasteiger partial charge in [0, 0.05) is 18.8 Å². The largest absolute Gasteiger partial charge is 0.382 e. The first kappa shape index (κ1) is 12.6. The summed E-state index contributed by atoms with van der Waals surface area (Å²) in [6.07, 6.45) is 4.19. The highest BCUT2D eigenvalue weighted by Crippen LogP contribution is 2.14. The molecular formula is C13H17N7. The highest BCUT2D eigenvalue weighted by Gasteiger charge is 2.07. The first-order valence-corrected chi connectivity index (χ1v) is 6.57. The zero-order valence-corrected chi connectivity index (χ0v) is 11.6. The standard InChI is InChI=1S/C13H17N7/c1-9-6-10(2)20(18-9)5-3-4-19-8-17-11-12(14)15-7-16-13(11)19/h6-8H,3-5H2,1-2H3,(H2,14,15,16). The molecule has 3 rings (SSSR count). The van der Waals surface area contributed by atoms with Crippen LogP contribution in [0.3, 0.4) is 0 Å². The van der Waals surface area contributed by atoms with E-state index in [0.717, 1.165) is 30.9 Å². The number of aryl methyl sites for hydroxylation is 4. The van der Waals surface area contributed by atoms with E-state index in [1.165, 1.54) is 12.0 Å². The maximum absolute atomic E-state index is 5.77. The van der Waals surface area contributed by atoms with E-state index >= 15 is 0 Å². The molecule has 7 heteroatoms. The van der Waals surface area contributed by atoms with Crippen LogP contribution in [-0.2, 0) is 13.1 Å².